The van der Waals surface area contributed by atoms with Crippen LogP contribution in [0.5, 0.6) is 0 Å². The van der Waals surface area contributed by atoms with E-state index in [2.05, 4.69) is 37.1 Å². The standard InChI is InChI=1S/C14H24N2S/c1-10(2)9-16-7-4-5-12(15)13(16)14-11(3)6-8-17-14/h6,8,10,12-13H,4-5,7,9,15H2,1-3H3. The fraction of sp³-hybridized carbons (Fsp3) is 0.714. The minimum Gasteiger partial charge on any atom is -0.326 e. The monoisotopic (exact) mass is 252 g/mol. The zero-order valence-corrected chi connectivity index (χ0v) is 12.0. The first-order valence-corrected chi connectivity index (χ1v) is 7.51. The molecule has 1 fully saturated rings. The van der Waals surface area contributed by atoms with Gasteiger partial charge in [-0.1, -0.05) is 13.8 Å². The molecule has 3 heteroatoms. The minimum atomic E-state index is 0.305. The first-order valence-electron chi connectivity index (χ1n) is 6.63. The second-order valence-corrected chi connectivity index (χ2v) is 6.56. The Bertz CT molecular complexity index is 359. The Morgan fingerprint density at radius 3 is 2.88 bits per heavy atom. The molecule has 1 saturated heterocycles. The summed E-state index contributed by atoms with van der Waals surface area (Å²) in [4.78, 5) is 4.08. The Kier molecular flexibility index (Phi) is 4.23. The highest BCUT2D eigenvalue weighted by molar-refractivity contribution is 7.10. The normalized spacial score (nSPS) is 26.6. The number of piperidine rings is 1. The Morgan fingerprint density at radius 1 is 1.53 bits per heavy atom. The Hall–Kier alpha value is -0.380. The molecule has 1 aliphatic rings. The molecule has 0 aromatic carbocycles. The molecule has 1 aromatic rings. The van der Waals surface area contributed by atoms with Crippen LogP contribution in [0.4, 0.5) is 0 Å². The minimum absolute atomic E-state index is 0.305. The van der Waals surface area contributed by atoms with Gasteiger partial charge in [0.15, 0.2) is 0 Å². The molecule has 2 unspecified atom stereocenters. The van der Waals surface area contributed by atoms with Gasteiger partial charge in [-0.2, -0.15) is 0 Å². The van der Waals surface area contributed by atoms with Gasteiger partial charge >= 0.3 is 0 Å². The van der Waals surface area contributed by atoms with Crippen LogP contribution in [-0.2, 0) is 0 Å². The molecular formula is C14H24N2S. The largest absolute Gasteiger partial charge is 0.326 e. The highest BCUT2D eigenvalue weighted by Crippen LogP contribution is 2.35. The van der Waals surface area contributed by atoms with E-state index in [1.807, 2.05) is 11.3 Å². The summed E-state index contributed by atoms with van der Waals surface area (Å²) in [6.45, 7) is 9.15. The zero-order valence-electron chi connectivity index (χ0n) is 11.1. The second kappa shape index (κ2) is 5.51. The van der Waals surface area contributed by atoms with Crippen LogP contribution in [0.25, 0.3) is 0 Å². The third-order valence-corrected chi connectivity index (χ3v) is 4.64. The van der Waals surface area contributed by atoms with Gasteiger partial charge in [0, 0.05) is 17.5 Å². The second-order valence-electron chi connectivity index (χ2n) is 5.61. The maximum Gasteiger partial charge on any atom is 0.0596 e. The van der Waals surface area contributed by atoms with Crippen molar-refractivity contribution < 1.29 is 0 Å². The molecule has 0 bridgehead atoms. The van der Waals surface area contributed by atoms with Gasteiger partial charge in [0.05, 0.1) is 6.04 Å². The molecule has 0 aliphatic carbocycles. The van der Waals surface area contributed by atoms with E-state index >= 15 is 0 Å². The van der Waals surface area contributed by atoms with Crippen LogP contribution in [0, 0.1) is 12.8 Å². The quantitative estimate of drug-likeness (QED) is 0.895. The van der Waals surface area contributed by atoms with E-state index in [0.717, 1.165) is 13.0 Å². The summed E-state index contributed by atoms with van der Waals surface area (Å²) in [5.74, 6) is 0.711. The molecule has 1 aromatic heterocycles. The Labute approximate surface area is 109 Å². The van der Waals surface area contributed by atoms with Crippen LogP contribution in [-0.4, -0.2) is 24.0 Å². The van der Waals surface area contributed by atoms with Gasteiger partial charge in [-0.25, -0.2) is 0 Å². The van der Waals surface area contributed by atoms with Crippen LogP contribution in [0.1, 0.15) is 43.2 Å². The molecule has 0 radical (unpaired) electrons. The summed E-state index contributed by atoms with van der Waals surface area (Å²) >= 11 is 1.87. The molecule has 17 heavy (non-hydrogen) atoms. The predicted octanol–water partition coefficient (Wildman–Crippen LogP) is 3.18. The fourth-order valence-electron chi connectivity index (χ4n) is 2.82. The van der Waals surface area contributed by atoms with E-state index in [1.165, 1.54) is 23.4 Å². The summed E-state index contributed by atoms with van der Waals surface area (Å²) in [5.41, 5.74) is 7.78. The van der Waals surface area contributed by atoms with Gasteiger partial charge < -0.3 is 5.73 Å². The maximum absolute atomic E-state index is 6.37. The number of nitrogens with zero attached hydrogens (tertiary/aromatic N) is 1. The lowest BCUT2D eigenvalue weighted by Gasteiger charge is -2.40. The third kappa shape index (κ3) is 2.90. The molecule has 1 aliphatic heterocycles. The number of rotatable bonds is 3. The molecule has 2 rings (SSSR count). The fourth-order valence-corrected chi connectivity index (χ4v) is 3.96. The lowest BCUT2D eigenvalue weighted by molar-refractivity contribution is 0.116. The molecule has 2 nitrogen and oxygen atoms in total. The molecule has 2 heterocycles. The molecule has 0 saturated carbocycles. The topological polar surface area (TPSA) is 29.3 Å². The highest BCUT2D eigenvalue weighted by atomic mass is 32.1. The van der Waals surface area contributed by atoms with E-state index < -0.39 is 0 Å². The van der Waals surface area contributed by atoms with Gasteiger partial charge in [-0.3, -0.25) is 4.90 Å². The van der Waals surface area contributed by atoms with Gasteiger partial charge in [0.1, 0.15) is 0 Å². The summed E-state index contributed by atoms with van der Waals surface area (Å²) in [6.07, 6.45) is 2.41. The van der Waals surface area contributed by atoms with Crippen LogP contribution in [0.3, 0.4) is 0 Å². The smallest absolute Gasteiger partial charge is 0.0596 e. The number of likely N-dealkylation sites (tertiary alicyclic amines) is 1. The molecule has 2 N–H and O–H groups in total. The van der Waals surface area contributed by atoms with Crippen molar-refractivity contribution in [2.24, 2.45) is 11.7 Å². The molecular weight excluding hydrogens is 228 g/mol. The molecule has 0 spiro atoms. The van der Waals surface area contributed by atoms with Crippen molar-refractivity contribution >= 4 is 11.3 Å². The summed E-state index contributed by atoms with van der Waals surface area (Å²) < 4.78 is 0. The summed E-state index contributed by atoms with van der Waals surface area (Å²) in [5, 5.41) is 2.19. The van der Waals surface area contributed by atoms with E-state index in [0.29, 0.717) is 18.0 Å². The number of nitrogens with two attached hydrogens (primary N) is 1. The SMILES string of the molecule is Cc1ccsc1C1C(N)CCCN1CC(C)C. The zero-order chi connectivity index (χ0) is 12.4. The maximum atomic E-state index is 6.37. The van der Waals surface area contributed by atoms with Gasteiger partial charge in [-0.05, 0) is 49.2 Å². The number of hydrogen-bond donors (Lipinski definition) is 1. The predicted molar refractivity (Wildman–Crippen MR) is 75.4 cm³/mol. The van der Waals surface area contributed by atoms with E-state index in [9.17, 15) is 0 Å². The number of aryl methyl sites for hydroxylation is 1. The van der Waals surface area contributed by atoms with Gasteiger partial charge in [0.25, 0.3) is 0 Å². The summed E-state index contributed by atoms with van der Waals surface area (Å²) in [6, 6.07) is 2.97. The van der Waals surface area contributed by atoms with Crippen molar-refractivity contribution in [1.82, 2.24) is 4.90 Å². The Balaban J connectivity index is 2.22. The lowest BCUT2D eigenvalue weighted by Crippen LogP contribution is -2.46. The van der Waals surface area contributed by atoms with E-state index in [-0.39, 0.29) is 0 Å². The number of thiophene rings is 1. The van der Waals surface area contributed by atoms with Crippen molar-refractivity contribution in [1.29, 1.82) is 0 Å². The van der Waals surface area contributed by atoms with Gasteiger partial charge in [0.2, 0.25) is 0 Å². The van der Waals surface area contributed by atoms with Crippen molar-refractivity contribution in [3.8, 4) is 0 Å². The molecule has 96 valence electrons. The third-order valence-electron chi connectivity index (χ3n) is 3.55. The van der Waals surface area contributed by atoms with E-state index in [1.54, 1.807) is 0 Å². The van der Waals surface area contributed by atoms with Crippen LogP contribution in [0.15, 0.2) is 11.4 Å². The summed E-state index contributed by atoms with van der Waals surface area (Å²) in [7, 11) is 0. The lowest BCUT2D eigenvalue weighted by atomic mass is 9.93. The first kappa shape index (κ1) is 13.1. The van der Waals surface area contributed by atoms with Crippen LogP contribution >= 0.6 is 11.3 Å². The van der Waals surface area contributed by atoms with Crippen molar-refractivity contribution in [2.45, 2.75) is 45.7 Å². The van der Waals surface area contributed by atoms with Crippen LogP contribution < -0.4 is 5.73 Å². The van der Waals surface area contributed by atoms with Crippen molar-refractivity contribution in [2.75, 3.05) is 13.1 Å². The Morgan fingerprint density at radius 2 is 2.29 bits per heavy atom. The average Bonchev–Trinajstić information content (AvgIpc) is 2.64. The van der Waals surface area contributed by atoms with E-state index in [4.69, 9.17) is 5.73 Å². The molecule has 2 atom stereocenters. The highest BCUT2D eigenvalue weighted by Gasteiger charge is 2.32. The van der Waals surface area contributed by atoms with Crippen molar-refractivity contribution in [3.05, 3.63) is 21.9 Å². The van der Waals surface area contributed by atoms with Gasteiger partial charge in [-0.15, -0.1) is 11.3 Å². The van der Waals surface area contributed by atoms with Crippen molar-refractivity contribution in [3.63, 3.8) is 0 Å². The first-order chi connectivity index (χ1) is 8.09. The number of hydrogen-bond acceptors (Lipinski definition) is 3. The van der Waals surface area contributed by atoms with Crippen LogP contribution in [0.2, 0.25) is 0 Å². The molecule has 0 amide bonds. The average molecular weight is 252 g/mol.